The summed E-state index contributed by atoms with van der Waals surface area (Å²) in [5.74, 6) is 0. The van der Waals surface area contributed by atoms with Gasteiger partial charge in [-0.05, 0) is 31.1 Å². The number of methoxy groups -OCH3 is 1. The van der Waals surface area contributed by atoms with Crippen LogP contribution >= 0.6 is 0 Å². The van der Waals surface area contributed by atoms with Gasteiger partial charge in [0.2, 0.25) is 0 Å². The topological polar surface area (TPSA) is 38.7 Å². The average molecular weight is 202 g/mol. The van der Waals surface area contributed by atoms with Gasteiger partial charge in [0.1, 0.15) is 0 Å². The van der Waals surface area contributed by atoms with Gasteiger partial charge in [0.05, 0.1) is 0 Å². The number of ether oxygens (including phenoxy) is 2. The Morgan fingerprint density at radius 1 is 1.29 bits per heavy atom. The Morgan fingerprint density at radius 3 is 2.57 bits per heavy atom. The number of aliphatic hydroxyl groups is 1. The van der Waals surface area contributed by atoms with Gasteiger partial charge in [-0.1, -0.05) is 6.42 Å². The third-order valence-corrected chi connectivity index (χ3v) is 3.19. The molecule has 0 radical (unpaired) electrons. The van der Waals surface area contributed by atoms with Crippen LogP contribution in [-0.2, 0) is 9.47 Å². The molecule has 3 nitrogen and oxygen atoms in total. The maximum atomic E-state index is 9.41. The van der Waals surface area contributed by atoms with E-state index >= 15 is 0 Å². The van der Waals surface area contributed by atoms with E-state index in [-0.39, 0.29) is 5.41 Å². The molecule has 14 heavy (non-hydrogen) atoms. The van der Waals surface area contributed by atoms with Crippen molar-refractivity contribution in [3.63, 3.8) is 0 Å². The first-order valence-corrected chi connectivity index (χ1v) is 5.50. The van der Waals surface area contributed by atoms with Crippen molar-refractivity contribution in [1.29, 1.82) is 0 Å². The van der Waals surface area contributed by atoms with E-state index in [1.165, 1.54) is 0 Å². The van der Waals surface area contributed by atoms with Crippen LogP contribution in [0.2, 0.25) is 0 Å². The van der Waals surface area contributed by atoms with Gasteiger partial charge in [0, 0.05) is 33.5 Å². The molecule has 1 rings (SSSR count). The van der Waals surface area contributed by atoms with E-state index in [4.69, 9.17) is 9.47 Å². The number of hydrogen-bond donors (Lipinski definition) is 1. The maximum absolute atomic E-state index is 9.41. The molecule has 0 spiro atoms. The second-order valence-corrected chi connectivity index (χ2v) is 4.22. The Morgan fingerprint density at radius 2 is 2.00 bits per heavy atom. The second-order valence-electron chi connectivity index (χ2n) is 4.22. The molecule has 1 N–H and O–H groups in total. The fourth-order valence-electron chi connectivity index (χ4n) is 2.04. The Kier molecular flexibility index (Phi) is 5.45. The van der Waals surface area contributed by atoms with Crippen LogP contribution in [0.3, 0.4) is 0 Å². The molecule has 3 heteroatoms. The summed E-state index contributed by atoms with van der Waals surface area (Å²) in [6.07, 6.45) is 5.37. The molecule has 1 fully saturated rings. The molecule has 0 aromatic heterocycles. The molecule has 0 atom stereocenters. The molecule has 1 saturated heterocycles. The first kappa shape index (κ1) is 12.0. The van der Waals surface area contributed by atoms with Crippen molar-refractivity contribution < 1.29 is 14.6 Å². The molecular weight excluding hydrogens is 180 g/mol. The third kappa shape index (κ3) is 3.56. The lowest BCUT2D eigenvalue weighted by molar-refractivity contribution is -0.0224. The largest absolute Gasteiger partial charge is 0.396 e. The number of aliphatic hydroxyl groups excluding tert-OH is 1. The fraction of sp³-hybridized carbons (Fsp3) is 1.00. The quantitative estimate of drug-likeness (QED) is 0.665. The van der Waals surface area contributed by atoms with Crippen LogP contribution in [0.25, 0.3) is 0 Å². The van der Waals surface area contributed by atoms with Gasteiger partial charge in [0.25, 0.3) is 0 Å². The van der Waals surface area contributed by atoms with Crippen LogP contribution in [0.15, 0.2) is 0 Å². The molecule has 1 aliphatic rings. The van der Waals surface area contributed by atoms with Crippen LogP contribution in [0.5, 0.6) is 0 Å². The van der Waals surface area contributed by atoms with Crippen molar-refractivity contribution in [3.8, 4) is 0 Å². The van der Waals surface area contributed by atoms with E-state index in [1.54, 1.807) is 7.11 Å². The van der Waals surface area contributed by atoms with Gasteiger partial charge >= 0.3 is 0 Å². The minimum Gasteiger partial charge on any atom is -0.396 e. The lowest BCUT2D eigenvalue weighted by Gasteiger charge is -2.35. The molecule has 0 aromatic rings. The summed E-state index contributed by atoms with van der Waals surface area (Å²) >= 11 is 0. The zero-order chi connectivity index (χ0) is 10.3. The summed E-state index contributed by atoms with van der Waals surface area (Å²) in [6, 6.07) is 0. The van der Waals surface area contributed by atoms with E-state index < -0.39 is 0 Å². The van der Waals surface area contributed by atoms with Crippen LogP contribution in [0.4, 0.5) is 0 Å². The fourth-order valence-corrected chi connectivity index (χ4v) is 2.04. The predicted octanol–water partition coefficient (Wildman–Crippen LogP) is 1.59. The summed E-state index contributed by atoms with van der Waals surface area (Å²) in [4.78, 5) is 0. The Hall–Kier alpha value is -0.120. The lowest BCUT2D eigenvalue weighted by Crippen LogP contribution is -2.33. The zero-order valence-electron chi connectivity index (χ0n) is 9.13. The molecule has 0 saturated carbocycles. The minimum atomic E-state index is 0.145. The van der Waals surface area contributed by atoms with E-state index in [2.05, 4.69) is 0 Å². The molecule has 1 heterocycles. The molecular formula is C11H22O3. The Labute approximate surface area is 86.4 Å². The monoisotopic (exact) mass is 202 g/mol. The molecule has 0 aromatic carbocycles. The molecule has 0 bridgehead atoms. The molecule has 84 valence electrons. The molecule has 0 unspecified atom stereocenters. The highest BCUT2D eigenvalue weighted by Gasteiger charge is 2.30. The number of hydrogen-bond acceptors (Lipinski definition) is 3. The second kappa shape index (κ2) is 6.38. The van der Waals surface area contributed by atoms with Gasteiger partial charge in [-0.25, -0.2) is 0 Å². The van der Waals surface area contributed by atoms with Gasteiger partial charge in [-0.15, -0.1) is 0 Å². The summed E-state index contributed by atoms with van der Waals surface area (Å²) in [7, 11) is 1.73. The van der Waals surface area contributed by atoms with Crippen molar-refractivity contribution in [2.24, 2.45) is 5.41 Å². The summed E-state index contributed by atoms with van der Waals surface area (Å²) in [6.45, 7) is 2.76. The van der Waals surface area contributed by atoms with Gasteiger partial charge in [-0.3, -0.25) is 0 Å². The summed E-state index contributed by atoms with van der Waals surface area (Å²) in [5, 5.41) is 9.41. The van der Waals surface area contributed by atoms with Crippen molar-refractivity contribution in [2.45, 2.75) is 32.1 Å². The maximum Gasteiger partial charge on any atom is 0.0489 e. The summed E-state index contributed by atoms with van der Waals surface area (Å²) in [5.41, 5.74) is 0.145. The predicted molar refractivity (Wildman–Crippen MR) is 55.3 cm³/mol. The van der Waals surface area contributed by atoms with E-state index in [9.17, 15) is 5.11 Å². The van der Waals surface area contributed by atoms with Crippen molar-refractivity contribution in [3.05, 3.63) is 0 Å². The van der Waals surface area contributed by atoms with Gasteiger partial charge in [-0.2, -0.15) is 0 Å². The standard InChI is InChI=1S/C11H22O3/c1-13-7-3-2-4-11(10-12)5-8-14-9-6-11/h12H,2-10H2,1H3. The Bertz CT molecular complexity index is 141. The minimum absolute atomic E-state index is 0.145. The first-order valence-electron chi connectivity index (χ1n) is 5.50. The van der Waals surface area contributed by atoms with E-state index in [0.29, 0.717) is 6.61 Å². The van der Waals surface area contributed by atoms with Crippen molar-refractivity contribution in [1.82, 2.24) is 0 Å². The van der Waals surface area contributed by atoms with Crippen molar-refractivity contribution in [2.75, 3.05) is 33.5 Å². The van der Waals surface area contributed by atoms with Crippen molar-refractivity contribution >= 4 is 0 Å². The van der Waals surface area contributed by atoms with E-state index in [0.717, 1.165) is 51.9 Å². The number of unbranched alkanes of at least 4 members (excludes halogenated alkanes) is 1. The van der Waals surface area contributed by atoms with Crippen LogP contribution in [0, 0.1) is 5.41 Å². The molecule has 0 amide bonds. The van der Waals surface area contributed by atoms with Gasteiger partial charge in [0.15, 0.2) is 0 Å². The highest BCUT2D eigenvalue weighted by molar-refractivity contribution is 4.81. The normalized spacial score (nSPS) is 21.0. The van der Waals surface area contributed by atoms with Crippen LogP contribution < -0.4 is 0 Å². The van der Waals surface area contributed by atoms with E-state index in [1.807, 2.05) is 0 Å². The highest BCUT2D eigenvalue weighted by atomic mass is 16.5. The lowest BCUT2D eigenvalue weighted by atomic mass is 9.77. The Balaban J connectivity index is 2.22. The smallest absolute Gasteiger partial charge is 0.0489 e. The highest BCUT2D eigenvalue weighted by Crippen LogP contribution is 2.35. The first-order chi connectivity index (χ1) is 6.83. The van der Waals surface area contributed by atoms with Crippen LogP contribution in [0.1, 0.15) is 32.1 Å². The SMILES string of the molecule is COCCCCC1(CO)CCOCC1. The molecule has 0 aliphatic carbocycles. The number of rotatable bonds is 6. The average Bonchev–Trinajstić information content (AvgIpc) is 2.26. The third-order valence-electron chi connectivity index (χ3n) is 3.19. The zero-order valence-corrected chi connectivity index (χ0v) is 9.13. The summed E-state index contributed by atoms with van der Waals surface area (Å²) < 4.78 is 10.3. The molecule has 1 aliphatic heterocycles. The van der Waals surface area contributed by atoms with Gasteiger partial charge < -0.3 is 14.6 Å². The van der Waals surface area contributed by atoms with Crippen LogP contribution in [-0.4, -0.2) is 38.6 Å².